The first-order valence-corrected chi connectivity index (χ1v) is 4.06. The fourth-order valence-electron chi connectivity index (χ4n) is 1.17. The average Bonchev–Trinajstić information content (AvgIpc) is 1.98. The number of hydrogen-bond acceptors (Lipinski definition) is 2. The van der Waals surface area contributed by atoms with Gasteiger partial charge in [-0.05, 0) is 49.6 Å². The van der Waals surface area contributed by atoms with Gasteiger partial charge in [-0.2, -0.15) is 0 Å². The van der Waals surface area contributed by atoms with Crippen molar-refractivity contribution in [2.45, 2.75) is 20.8 Å². The molecule has 13 heavy (non-hydrogen) atoms. The molecule has 0 aromatic heterocycles. The molecule has 0 aliphatic heterocycles. The zero-order valence-electron chi connectivity index (χ0n) is 8.05. The van der Waals surface area contributed by atoms with E-state index >= 15 is 0 Å². The number of rotatable bonds is 1. The van der Waals surface area contributed by atoms with Crippen LogP contribution in [0.4, 0.5) is 4.79 Å². The third-order valence-electron chi connectivity index (χ3n) is 2.12. The third-order valence-corrected chi connectivity index (χ3v) is 2.12. The number of aryl methyl sites for hydroxylation is 2. The number of amides is 1. The second kappa shape index (κ2) is 3.47. The van der Waals surface area contributed by atoms with Crippen molar-refractivity contribution >= 4 is 6.09 Å². The molecule has 2 N–H and O–H groups in total. The second-order valence-electron chi connectivity index (χ2n) is 3.10. The molecule has 0 unspecified atom stereocenters. The summed E-state index contributed by atoms with van der Waals surface area (Å²) in [5.41, 5.74) is 8.29. The minimum absolute atomic E-state index is 0.508. The van der Waals surface area contributed by atoms with Gasteiger partial charge in [0.2, 0.25) is 0 Å². The predicted molar refractivity (Wildman–Crippen MR) is 50.9 cm³/mol. The molecule has 0 radical (unpaired) electrons. The Balaban J connectivity index is 3.06. The quantitative estimate of drug-likeness (QED) is 0.717. The molecule has 3 heteroatoms. The van der Waals surface area contributed by atoms with Crippen molar-refractivity contribution in [1.82, 2.24) is 0 Å². The van der Waals surface area contributed by atoms with Crippen molar-refractivity contribution in [2.75, 3.05) is 0 Å². The van der Waals surface area contributed by atoms with Crippen molar-refractivity contribution in [3.05, 3.63) is 28.8 Å². The van der Waals surface area contributed by atoms with Gasteiger partial charge in [0.1, 0.15) is 5.75 Å². The van der Waals surface area contributed by atoms with Crippen LogP contribution in [0.3, 0.4) is 0 Å². The van der Waals surface area contributed by atoms with E-state index in [0.717, 1.165) is 11.1 Å². The highest BCUT2D eigenvalue weighted by Gasteiger charge is 2.03. The van der Waals surface area contributed by atoms with E-state index in [9.17, 15) is 4.79 Å². The summed E-state index contributed by atoms with van der Waals surface area (Å²) >= 11 is 0. The summed E-state index contributed by atoms with van der Waals surface area (Å²) in [6, 6.07) is 3.60. The van der Waals surface area contributed by atoms with Crippen LogP contribution in [0.2, 0.25) is 0 Å². The molecule has 0 fully saturated rings. The first-order valence-electron chi connectivity index (χ1n) is 4.06. The number of nitrogens with two attached hydrogens (primary N) is 1. The molecule has 0 atom stereocenters. The standard InChI is InChI=1S/C10H13NO2/c1-6-4-9(13-10(11)12)5-7(2)8(6)3/h4-5H,1-3H3,(H2,11,12). The van der Waals surface area contributed by atoms with Gasteiger partial charge in [-0.1, -0.05) is 0 Å². The van der Waals surface area contributed by atoms with E-state index in [2.05, 4.69) is 0 Å². The zero-order valence-corrected chi connectivity index (χ0v) is 8.05. The molecular weight excluding hydrogens is 166 g/mol. The summed E-state index contributed by atoms with van der Waals surface area (Å²) in [7, 11) is 0. The molecular formula is C10H13NO2. The predicted octanol–water partition coefficient (Wildman–Crippen LogP) is 2.07. The number of carbonyl (C=O) groups excluding carboxylic acids is 1. The van der Waals surface area contributed by atoms with E-state index < -0.39 is 6.09 Å². The Kier molecular flexibility index (Phi) is 2.56. The molecule has 0 heterocycles. The van der Waals surface area contributed by atoms with Crippen LogP contribution in [0, 0.1) is 20.8 Å². The summed E-state index contributed by atoms with van der Waals surface area (Å²) in [4.78, 5) is 10.5. The van der Waals surface area contributed by atoms with Crippen LogP contribution in [0.15, 0.2) is 12.1 Å². The normalized spacial score (nSPS) is 9.77. The molecule has 0 aliphatic rings. The topological polar surface area (TPSA) is 52.3 Å². The molecule has 1 amide bonds. The molecule has 3 nitrogen and oxygen atoms in total. The maximum Gasteiger partial charge on any atom is 0.409 e. The second-order valence-corrected chi connectivity index (χ2v) is 3.10. The lowest BCUT2D eigenvalue weighted by Gasteiger charge is -2.07. The van der Waals surface area contributed by atoms with Gasteiger partial charge in [0.05, 0.1) is 0 Å². The van der Waals surface area contributed by atoms with Gasteiger partial charge >= 0.3 is 6.09 Å². The fourth-order valence-corrected chi connectivity index (χ4v) is 1.17. The largest absolute Gasteiger partial charge is 0.410 e. The lowest BCUT2D eigenvalue weighted by atomic mass is 10.0. The third kappa shape index (κ3) is 2.21. The van der Waals surface area contributed by atoms with Crippen molar-refractivity contribution in [1.29, 1.82) is 0 Å². The van der Waals surface area contributed by atoms with E-state index in [1.54, 1.807) is 12.1 Å². The minimum atomic E-state index is -0.775. The van der Waals surface area contributed by atoms with Gasteiger partial charge in [-0.25, -0.2) is 4.79 Å². The van der Waals surface area contributed by atoms with Crippen LogP contribution in [-0.2, 0) is 0 Å². The Morgan fingerprint density at radius 3 is 2.08 bits per heavy atom. The number of primary amides is 1. The molecule has 0 bridgehead atoms. The van der Waals surface area contributed by atoms with Crippen LogP contribution < -0.4 is 10.5 Å². The van der Waals surface area contributed by atoms with E-state index in [0.29, 0.717) is 5.75 Å². The van der Waals surface area contributed by atoms with E-state index in [4.69, 9.17) is 10.5 Å². The number of benzene rings is 1. The van der Waals surface area contributed by atoms with Crippen LogP contribution in [-0.4, -0.2) is 6.09 Å². The average molecular weight is 179 g/mol. The van der Waals surface area contributed by atoms with E-state index in [1.165, 1.54) is 5.56 Å². The Hall–Kier alpha value is -1.51. The van der Waals surface area contributed by atoms with Gasteiger partial charge in [-0.3, -0.25) is 0 Å². The van der Waals surface area contributed by atoms with Crippen LogP contribution in [0.1, 0.15) is 16.7 Å². The summed E-state index contributed by atoms with van der Waals surface area (Å²) < 4.78 is 4.77. The number of ether oxygens (including phenoxy) is 1. The lowest BCUT2D eigenvalue weighted by molar-refractivity contribution is 0.211. The molecule has 70 valence electrons. The molecule has 0 saturated heterocycles. The number of hydrogen-bond donors (Lipinski definition) is 1. The molecule has 1 aromatic rings. The van der Waals surface area contributed by atoms with Gasteiger partial charge in [0.25, 0.3) is 0 Å². The first kappa shape index (κ1) is 9.58. The summed E-state index contributed by atoms with van der Waals surface area (Å²) in [6.45, 7) is 5.96. The highest BCUT2D eigenvalue weighted by Crippen LogP contribution is 2.20. The van der Waals surface area contributed by atoms with E-state index in [-0.39, 0.29) is 0 Å². The van der Waals surface area contributed by atoms with E-state index in [1.807, 2.05) is 20.8 Å². The Labute approximate surface area is 77.5 Å². The fraction of sp³-hybridized carbons (Fsp3) is 0.300. The van der Waals surface area contributed by atoms with Crippen LogP contribution in [0.5, 0.6) is 5.75 Å². The molecule has 1 rings (SSSR count). The SMILES string of the molecule is Cc1cc(OC(N)=O)cc(C)c1C. The van der Waals surface area contributed by atoms with Crippen molar-refractivity contribution in [3.63, 3.8) is 0 Å². The monoisotopic (exact) mass is 179 g/mol. The highest BCUT2D eigenvalue weighted by atomic mass is 16.5. The molecule has 1 aromatic carbocycles. The summed E-state index contributed by atoms with van der Waals surface area (Å²) in [5.74, 6) is 0.508. The van der Waals surface area contributed by atoms with Gasteiger partial charge in [0.15, 0.2) is 0 Å². The molecule has 0 spiro atoms. The molecule has 0 saturated carbocycles. The van der Waals surface area contributed by atoms with Gasteiger partial charge in [-0.15, -0.1) is 0 Å². The zero-order chi connectivity index (χ0) is 10.0. The highest BCUT2D eigenvalue weighted by molar-refractivity contribution is 5.68. The van der Waals surface area contributed by atoms with Gasteiger partial charge < -0.3 is 10.5 Å². The van der Waals surface area contributed by atoms with Crippen molar-refractivity contribution in [3.8, 4) is 5.75 Å². The van der Waals surface area contributed by atoms with Crippen LogP contribution in [0.25, 0.3) is 0 Å². The van der Waals surface area contributed by atoms with Gasteiger partial charge in [0, 0.05) is 0 Å². The summed E-state index contributed by atoms with van der Waals surface area (Å²) in [6.07, 6.45) is -0.775. The van der Waals surface area contributed by atoms with Crippen LogP contribution >= 0.6 is 0 Å². The smallest absolute Gasteiger partial charge is 0.409 e. The lowest BCUT2D eigenvalue weighted by Crippen LogP contribution is -2.16. The maximum absolute atomic E-state index is 10.5. The maximum atomic E-state index is 10.5. The summed E-state index contributed by atoms with van der Waals surface area (Å²) in [5, 5.41) is 0. The minimum Gasteiger partial charge on any atom is -0.410 e. The Morgan fingerprint density at radius 2 is 1.69 bits per heavy atom. The van der Waals surface area contributed by atoms with Crippen molar-refractivity contribution < 1.29 is 9.53 Å². The molecule has 0 aliphatic carbocycles. The Bertz CT molecular complexity index is 322. The number of carbonyl (C=O) groups is 1. The van der Waals surface area contributed by atoms with Crippen molar-refractivity contribution in [2.24, 2.45) is 5.73 Å². The first-order chi connectivity index (χ1) is 6.00. The Morgan fingerprint density at radius 1 is 1.23 bits per heavy atom.